The number of thioether (sulfide) groups is 1. The third-order valence-corrected chi connectivity index (χ3v) is 5.43. The molecular formula is C22H16ClN5O2S. The maximum absolute atomic E-state index is 13.2. The predicted molar refractivity (Wildman–Crippen MR) is 123 cm³/mol. The highest BCUT2D eigenvalue weighted by Crippen LogP contribution is 2.22. The highest BCUT2D eigenvalue weighted by atomic mass is 35.5. The number of carbonyl (C=O) groups excluding carboxylic acids is 1. The Morgan fingerprint density at radius 2 is 1.87 bits per heavy atom. The Bertz CT molecular complexity index is 1310. The molecule has 0 atom stereocenters. The summed E-state index contributed by atoms with van der Waals surface area (Å²) in [5.41, 5.74) is 4.04. The van der Waals surface area contributed by atoms with E-state index in [2.05, 4.69) is 20.5 Å². The molecule has 4 aromatic rings. The first-order chi connectivity index (χ1) is 15.1. The van der Waals surface area contributed by atoms with E-state index < -0.39 is 0 Å². The number of carbonyl (C=O) groups is 1. The van der Waals surface area contributed by atoms with Crippen LogP contribution in [0.25, 0.3) is 16.6 Å². The van der Waals surface area contributed by atoms with Crippen LogP contribution in [0.5, 0.6) is 0 Å². The van der Waals surface area contributed by atoms with E-state index in [1.165, 1.54) is 10.8 Å². The average Bonchev–Trinajstić information content (AvgIpc) is 2.79. The molecule has 0 saturated carbocycles. The summed E-state index contributed by atoms with van der Waals surface area (Å²) in [7, 11) is 0. The number of aromatic nitrogens is 3. The summed E-state index contributed by atoms with van der Waals surface area (Å²) in [6.07, 6.45) is 3.10. The monoisotopic (exact) mass is 449 g/mol. The third kappa shape index (κ3) is 4.99. The number of hydrogen-bond donors (Lipinski definition) is 1. The van der Waals surface area contributed by atoms with Crippen molar-refractivity contribution in [3.05, 3.63) is 94.0 Å². The fourth-order valence-electron chi connectivity index (χ4n) is 2.81. The van der Waals surface area contributed by atoms with Crippen LogP contribution in [0.3, 0.4) is 0 Å². The predicted octanol–water partition coefficient (Wildman–Crippen LogP) is 3.68. The number of fused-ring (bicyclic) bond motifs is 1. The van der Waals surface area contributed by atoms with Crippen LogP contribution in [0.2, 0.25) is 5.02 Å². The number of nitrogens with one attached hydrogen (secondary N) is 1. The summed E-state index contributed by atoms with van der Waals surface area (Å²) >= 11 is 7.14. The Labute approximate surface area is 186 Å². The van der Waals surface area contributed by atoms with Gasteiger partial charge in [-0.25, -0.2) is 10.4 Å². The van der Waals surface area contributed by atoms with Crippen LogP contribution in [-0.4, -0.2) is 32.4 Å². The molecule has 31 heavy (non-hydrogen) atoms. The van der Waals surface area contributed by atoms with Gasteiger partial charge in [-0.1, -0.05) is 41.6 Å². The Hall–Kier alpha value is -3.49. The van der Waals surface area contributed by atoms with Gasteiger partial charge in [0, 0.05) is 11.2 Å². The first kappa shape index (κ1) is 20.8. The number of halogens is 1. The van der Waals surface area contributed by atoms with E-state index in [1.54, 1.807) is 60.8 Å². The van der Waals surface area contributed by atoms with Gasteiger partial charge < -0.3 is 0 Å². The smallest absolute Gasteiger partial charge is 0.266 e. The van der Waals surface area contributed by atoms with Crippen molar-refractivity contribution in [2.75, 3.05) is 5.75 Å². The third-order valence-electron chi connectivity index (χ3n) is 4.24. The van der Waals surface area contributed by atoms with Crippen LogP contribution in [0.1, 0.15) is 5.69 Å². The number of hydrazone groups is 1. The zero-order valence-corrected chi connectivity index (χ0v) is 17.7. The lowest BCUT2D eigenvalue weighted by molar-refractivity contribution is -0.118. The van der Waals surface area contributed by atoms with Gasteiger partial charge in [0.25, 0.3) is 11.5 Å². The number of benzene rings is 2. The maximum atomic E-state index is 13.2. The van der Waals surface area contributed by atoms with Crippen molar-refractivity contribution in [3.8, 4) is 5.69 Å². The second-order valence-corrected chi connectivity index (χ2v) is 7.74. The minimum Gasteiger partial charge on any atom is -0.272 e. The SMILES string of the molecule is O=C(CSc1nc2ccccc2c(=O)n1-c1ccc(Cl)cc1)NN=Cc1ccccn1. The molecule has 0 aliphatic heterocycles. The first-order valence-electron chi connectivity index (χ1n) is 9.25. The summed E-state index contributed by atoms with van der Waals surface area (Å²) in [4.78, 5) is 34.1. The van der Waals surface area contributed by atoms with E-state index in [0.717, 1.165) is 11.8 Å². The van der Waals surface area contributed by atoms with Gasteiger partial charge in [0.1, 0.15) is 0 Å². The molecule has 0 aliphatic rings. The van der Waals surface area contributed by atoms with E-state index in [-0.39, 0.29) is 17.2 Å². The van der Waals surface area contributed by atoms with Crippen LogP contribution >= 0.6 is 23.4 Å². The molecule has 0 radical (unpaired) electrons. The molecule has 2 heterocycles. The number of hydrogen-bond acceptors (Lipinski definition) is 6. The summed E-state index contributed by atoms with van der Waals surface area (Å²) in [5.74, 6) is -0.306. The van der Waals surface area contributed by atoms with Crippen molar-refractivity contribution in [1.82, 2.24) is 20.0 Å². The molecule has 7 nitrogen and oxygen atoms in total. The fourth-order valence-corrected chi connectivity index (χ4v) is 3.74. The number of pyridine rings is 1. The summed E-state index contributed by atoms with van der Waals surface area (Å²) in [6, 6.07) is 19.4. The highest BCUT2D eigenvalue weighted by molar-refractivity contribution is 7.99. The first-order valence-corrected chi connectivity index (χ1v) is 10.6. The number of para-hydroxylation sites is 1. The Morgan fingerprint density at radius 1 is 1.10 bits per heavy atom. The molecule has 1 N–H and O–H groups in total. The number of nitrogens with zero attached hydrogens (tertiary/aromatic N) is 4. The van der Waals surface area contributed by atoms with Gasteiger partial charge >= 0.3 is 0 Å². The Kier molecular flexibility index (Phi) is 6.40. The Balaban J connectivity index is 1.58. The molecule has 4 rings (SSSR count). The van der Waals surface area contributed by atoms with Gasteiger partial charge in [-0.2, -0.15) is 5.10 Å². The zero-order valence-electron chi connectivity index (χ0n) is 16.1. The zero-order chi connectivity index (χ0) is 21.6. The summed E-state index contributed by atoms with van der Waals surface area (Å²) < 4.78 is 1.48. The van der Waals surface area contributed by atoms with Crippen LogP contribution in [-0.2, 0) is 4.79 Å². The van der Waals surface area contributed by atoms with Gasteiger partial charge in [-0.3, -0.25) is 19.1 Å². The van der Waals surface area contributed by atoms with Crippen molar-refractivity contribution >= 4 is 46.4 Å². The maximum Gasteiger partial charge on any atom is 0.266 e. The van der Waals surface area contributed by atoms with Gasteiger partial charge in [0.2, 0.25) is 0 Å². The van der Waals surface area contributed by atoms with Gasteiger partial charge in [0.05, 0.1) is 34.3 Å². The van der Waals surface area contributed by atoms with Gasteiger partial charge in [0.15, 0.2) is 5.16 Å². The van der Waals surface area contributed by atoms with Crippen molar-refractivity contribution in [1.29, 1.82) is 0 Å². The van der Waals surface area contributed by atoms with E-state index in [9.17, 15) is 9.59 Å². The molecule has 0 saturated heterocycles. The minimum absolute atomic E-state index is 0.0257. The Morgan fingerprint density at radius 3 is 2.65 bits per heavy atom. The molecule has 0 fully saturated rings. The second-order valence-electron chi connectivity index (χ2n) is 6.36. The molecule has 2 aromatic heterocycles. The van der Waals surface area contributed by atoms with Gasteiger partial charge in [-0.05, 0) is 48.5 Å². The topological polar surface area (TPSA) is 89.2 Å². The lowest BCUT2D eigenvalue weighted by Gasteiger charge is -2.13. The molecule has 1 amide bonds. The second kappa shape index (κ2) is 9.55. The normalized spacial score (nSPS) is 11.1. The molecular weight excluding hydrogens is 434 g/mol. The van der Waals surface area contributed by atoms with Crippen LogP contribution in [0.4, 0.5) is 0 Å². The molecule has 154 valence electrons. The quantitative estimate of drug-likeness (QED) is 0.210. The summed E-state index contributed by atoms with van der Waals surface area (Å²) in [6.45, 7) is 0. The molecule has 0 aliphatic carbocycles. The van der Waals surface area contributed by atoms with E-state index in [1.807, 2.05) is 12.1 Å². The standard InChI is InChI=1S/C22H16ClN5O2S/c23-15-8-10-17(11-9-15)28-21(30)18-6-1-2-7-19(18)26-22(28)31-14-20(29)27-25-13-16-5-3-4-12-24-16/h1-13H,14H2,(H,27,29). The van der Waals surface area contributed by atoms with E-state index in [0.29, 0.717) is 32.5 Å². The van der Waals surface area contributed by atoms with Crippen LogP contribution in [0.15, 0.2) is 88.0 Å². The molecule has 0 unspecified atom stereocenters. The van der Waals surface area contributed by atoms with E-state index >= 15 is 0 Å². The van der Waals surface area contributed by atoms with Crippen LogP contribution in [0, 0.1) is 0 Å². The summed E-state index contributed by atoms with van der Waals surface area (Å²) in [5, 5.41) is 5.36. The highest BCUT2D eigenvalue weighted by Gasteiger charge is 2.14. The molecule has 0 spiro atoms. The molecule has 2 aromatic carbocycles. The number of amides is 1. The molecule has 0 bridgehead atoms. The number of rotatable bonds is 6. The lowest BCUT2D eigenvalue weighted by Crippen LogP contribution is -2.24. The van der Waals surface area contributed by atoms with Crippen molar-refractivity contribution in [3.63, 3.8) is 0 Å². The van der Waals surface area contributed by atoms with Gasteiger partial charge in [-0.15, -0.1) is 0 Å². The minimum atomic E-state index is -0.331. The van der Waals surface area contributed by atoms with Crippen molar-refractivity contribution < 1.29 is 4.79 Å². The molecule has 9 heteroatoms. The van der Waals surface area contributed by atoms with Crippen molar-refractivity contribution in [2.24, 2.45) is 5.10 Å². The average molecular weight is 450 g/mol. The van der Waals surface area contributed by atoms with Crippen LogP contribution < -0.4 is 11.0 Å². The fraction of sp³-hybridized carbons (Fsp3) is 0.0455. The van der Waals surface area contributed by atoms with E-state index in [4.69, 9.17) is 11.6 Å². The van der Waals surface area contributed by atoms with Crippen molar-refractivity contribution in [2.45, 2.75) is 5.16 Å². The lowest BCUT2D eigenvalue weighted by atomic mass is 10.2. The largest absolute Gasteiger partial charge is 0.272 e.